The highest BCUT2D eigenvalue weighted by Gasteiger charge is 2.66. The maximum absolute atomic E-state index is 14.7. The maximum atomic E-state index is 14.7. The summed E-state index contributed by atoms with van der Waals surface area (Å²) in [5.41, 5.74) is 1.66. The van der Waals surface area contributed by atoms with Gasteiger partial charge < -0.3 is 14.5 Å². The van der Waals surface area contributed by atoms with E-state index < -0.39 is 35.1 Å². The first-order chi connectivity index (χ1) is 18.8. The molecule has 4 aromatic rings. The first-order valence-corrected chi connectivity index (χ1v) is 12.5. The van der Waals surface area contributed by atoms with Crippen molar-refractivity contribution in [2.45, 2.75) is 32.0 Å². The van der Waals surface area contributed by atoms with Crippen molar-refractivity contribution in [1.82, 2.24) is 14.9 Å². The van der Waals surface area contributed by atoms with Crippen LogP contribution < -0.4 is 9.64 Å². The van der Waals surface area contributed by atoms with E-state index >= 15 is 0 Å². The lowest BCUT2D eigenvalue weighted by atomic mass is 9.69. The molecule has 1 aromatic heterocycles. The number of ether oxygens (including phenoxy) is 1. The molecule has 2 atom stereocenters. The quantitative estimate of drug-likeness (QED) is 0.359. The molecule has 1 saturated heterocycles. The van der Waals surface area contributed by atoms with Crippen LogP contribution in [0.2, 0.25) is 0 Å². The summed E-state index contributed by atoms with van der Waals surface area (Å²) >= 11 is 0. The maximum Gasteiger partial charge on any atom is 0.317 e. The van der Waals surface area contributed by atoms with E-state index in [0.29, 0.717) is 22.6 Å². The number of benzene rings is 3. The topological polar surface area (TPSA) is 75.6 Å². The molecule has 9 heteroatoms. The molecule has 0 saturated carbocycles. The highest BCUT2D eigenvalue weighted by Crippen LogP contribution is 2.53. The third kappa shape index (κ3) is 3.84. The number of carbonyl (C=O) groups excluding carboxylic acids is 2. The number of carbonyl (C=O) groups is 2. The van der Waals surface area contributed by atoms with Gasteiger partial charge in [-0.2, -0.15) is 0 Å². The highest BCUT2D eigenvalue weighted by atomic mass is 19.1. The van der Waals surface area contributed by atoms with Crippen molar-refractivity contribution in [3.63, 3.8) is 0 Å². The fraction of sp³-hybridized carbons (Fsp3) is 0.200. The summed E-state index contributed by atoms with van der Waals surface area (Å²) < 4.78 is 35.6. The second-order valence-electron chi connectivity index (χ2n) is 9.69. The van der Waals surface area contributed by atoms with Gasteiger partial charge in [0.1, 0.15) is 23.7 Å². The van der Waals surface area contributed by atoms with Gasteiger partial charge in [-0.25, -0.2) is 18.7 Å². The van der Waals surface area contributed by atoms with Crippen LogP contribution in [0.25, 0.3) is 0 Å². The molecule has 39 heavy (non-hydrogen) atoms. The molecule has 2 aliphatic heterocycles. The van der Waals surface area contributed by atoms with E-state index in [1.165, 1.54) is 15.9 Å². The number of hydrogen-bond donors (Lipinski definition) is 0. The number of aryl methyl sites for hydroxylation is 2. The number of fused-ring (bicyclic) bond motifs is 3. The van der Waals surface area contributed by atoms with Crippen LogP contribution in [0.4, 0.5) is 14.5 Å². The minimum atomic E-state index is -1.21. The van der Waals surface area contributed by atoms with Crippen LogP contribution in [0.15, 0.2) is 78.9 Å². The molecule has 0 radical (unpaired) electrons. The number of anilines is 1. The Hall–Kier alpha value is -4.66. The van der Waals surface area contributed by atoms with E-state index in [1.54, 1.807) is 24.3 Å². The van der Waals surface area contributed by atoms with Crippen molar-refractivity contribution >= 4 is 17.5 Å². The fourth-order valence-electron chi connectivity index (χ4n) is 5.60. The zero-order chi connectivity index (χ0) is 27.3. The Morgan fingerprint density at radius 2 is 1.54 bits per heavy atom. The van der Waals surface area contributed by atoms with Gasteiger partial charge in [-0.05, 0) is 43.7 Å². The van der Waals surface area contributed by atoms with Gasteiger partial charge in [0.05, 0.1) is 12.2 Å². The van der Waals surface area contributed by atoms with E-state index in [4.69, 9.17) is 4.74 Å². The van der Waals surface area contributed by atoms with Crippen molar-refractivity contribution in [1.29, 1.82) is 0 Å². The molecule has 2 aliphatic rings. The van der Waals surface area contributed by atoms with Crippen LogP contribution >= 0.6 is 0 Å². The molecule has 6 rings (SSSR count). The van der Waals surface area contributed by atoms with Gasteiger partial charge in [0.2, 0.25) is 12.0 Å². The van der Waals surface area contributed by atoms with Gasteiger partial charge in [-0.3, -0.25) is 9.59 Å². The Morgan fingerprint density at radius 3 is 2.23 bits per heavy atom. The third-order valence-corrected chi connectivity index (χ3v) is 7.27. The second kappa shape index (κ2) is 9.27. The molecule has 0 N–H and O–H groups in total. The van der Waals surface area contributed by atoms with E-state index in [9.17, 15) is 18.4 Å². The number of para-hydroxylation sites is 1. The molecule has 3 aromatic carbocycles. The van der Waals surface area contributed by atoms with Gasteiger partial charge >= 0.3 is 6.01 Å². The van der Waals surface area contributed by atoms with Crippen LogP contribution in [-0.2, 0) is 21.7 Å². The zero-order valence-electron chi connectivity index (χ0n) is 21.3. The number of nitrogens with zero attached hydrogens (tertiary/aromatic N) is 4. The first kappa shape index (κ1) is 24.7. The molecular weight excluding hydrogens is 502 g/mol. The molecule has 2 amide bonds. The van der Waals surface area contributed by atoms with Crippen LogP contribution in [0.5, 0.6) is 6.01 Å². The lowest BCUT2D eigenvalue weighted by Gasteiger charge is -2.55. The van der Waals surface area contributed by atoms with Crippen molar-refractivity contribution in [3.05, 3.63) is 119 Å². The van der Waals surface area contributed by atoms with Gasteiger partial charge in [-0.15, -0.1) is 0 Å². The van der Waals surface area contributed by atoms with Gasteiger partial charge in [-0.1, -0.05) is 54.6 Å². The summed E-state index contributed by atoms with van der Waals surface area (Å²) in [4.78, 5) is 38.9. The van der Waals surface area contributed by atoms with E-state index in [2.05, 4.69) is 9.97 Å². The van der Waals surface area contributed by atoms with Crippen molar-refractivity contribution in [3.8, 4) is 6.01 Å². The number of rotatable bonds is 5. The Bertz CT molecular complexity index is 1570. The molecule has 196 valence electrons. The summed E-state index contributed by atoms with van der Waals surface area (Å²) in [5.74, 6) is -2.40. The second-order valence-corrected chi connectivity index (χ2v) is 9.69. The highest BCUT2D eigenvalue weighted by molar-refractivity contribution is 6.04. The van der Waals surface area contributed by atoms with E-state index in [1.807, 2.05) is 50.2 Å². The Balaban J connectivity index is 1.54. The summed E-state index contributed by atoms with van der Waals surface area (Å²) in [7, 11) is 0. The van der Waals surface area contributed by atoms with Crippen LogP contribution in [-0.4, -0.2) is 39.3 Å². The first-order valence-electron chi connectivity index (χ1n) is 12.5. The largest absolute Gasteiger partial charge is 0.447 e. The van der Waals surface area contributed by atoms with Crippen molar-refractivity contribution in [2.75, 3.05) is 11.4 Å². The lowest BCUT2D eigenvalue weighted by molar-refractivity contribution is -0.178. The number of amides is 2. The number of hydrogen-bond acceptors (Lipinski definition) is 5. The van der Waals surface area contributed by atoms with Crippen LogP contribution in [0, 0.1) is 25.5 Å². The minimum absolute atomic E-state index is 0.0548. The molecule has 0 spiro atoms. The molecule has 1 fully saturated rings. The van der Waals surface area contributed by atoms with Crippen molar-refractivity contribution in [2.24, 2.45) is 0 Å². The molecule has 0 bridgehead atoms. The molecule has 7 nitrogen and oxygen atoms in total. The van der Waals surface area contributed by atoms with E-state index in [-0.39, 0.29) is 24.7 Å². The molecule has 3 heterocycles. The predicted octanol–water partition coefficient (Wildman–Crippen LogP) is 4.45. The Labute approximate surface area is 223 Å². The van der Waals surface area contributed by atoms with Gasteiger partial charge in [0.15, 0.2) is 0 Å². The van der Waals surface area contributed by atoms with Crippen LogP contribution in [0.3, 0.4) is 0 Å². The number of halogens is 2. The summed E-state index contributed by atoms with van der Waals surface area (Å²) in [6, 6.07) is 21.8. The Morgan fingerprint density at radius 1 is 0.897 bits per heavy atom. The Kier molecular flexibility index (Phi) is 5.86. The minimum Gasteiger partial charge on any atom is -0.447 e. The van der Waals surface area contributed by atoms with Crippen LogP contribution in [0.1, 0.15) is 28.1 Å². The van der Waals surface area contributed by atoms with E-state index in [0.717, 1.165) is 17.7 Å². The number of aromatic nitrogens is 2. The number of β-lactam (4-membered cyclic amide) rings is 1. The standard InChI is InChI=1S/C30H24F2N4O3/c1-18-15-19(2)34-29(33-18)39-27-28(38)36-17-26(37)35(16-21-23(31)12-8-13-24(21)32)25-14-7-6-11-22(25)30(27,36)20-9-4-3-5-10-20/h3-15,27H,16-17H2,1-2H3/t27-,30-/m1/s1. The van der Waals surface area contributed by atoms with Gasteiger partial charge in [0, 0.05) is 22.5 Å². The average Bonchev–Trinajstić information content (AvgIpc) is 3.01. The fourth-order valence-corrected chi connectivity index (χ4v) is 5.60. The predicted molar refractivity (Wildman–Crippen MR) is 139 cm³/mol. The normalized spacial score (nSPS) is 20.2. The summed E-state index contributed by atoms with van der Waals surface area (Å²) in [6.45, 7) is 2.96. The average molecular weight is 527 g/mol. The third-order valence-electron chi connectivity index (χ3n) is 7.27. The summed E-state index contributed by atoms with van der Waals surface area (Å²) in [5, 5.41) is 0. The molecular formula is C30H24F2N4O3. The summed E-state index contributed by atoms with van der Waals surface area (Å²) in [6.07, 6.45) is -1.08. The zero-order valence-corrected chi connectivity index (χ0v) is 21.3. The smallest absolute Gasteiger partial charge is 0.317 e. The molecule has 0 unspecified atom stereocenters. The van der Waals surface area contributed by atoms with Crippen molar-refractivity contribution < 1.29 is 23.1 Å². The van der Waals surface area contributed by atoms with Gasteiger partial charge in [0.25, 0.3) is 5.91 Å². The SMILES string of the molecule is Cc1cc(C)nc(O[C@@H]2C(=O)N3CC(=O)N(Cc4c(F)cccc4F)c4ccccc4[C@]23c2ccccc2)n1. The lowest BCUT2D eigenvalue weighted by Crippen LogP contribution is -2.74. The molecule has 0 aliphatic carbocycles. The monoisotopic (exact) mass is 526 g/mol.